The number of hydrogen-bond donors (Lipinski definition) is 0. The van der Waals surface area contributed by atoms with Crippen LogP contribution in [0.4, 0.5) is 4.39 Å². The van der Waals surface area contributed by atoms with Gasteiger partial charge in [-0.1, -0.05) is 17.7 Å². The molecule has 0 spiro atoms. The number of hydrogen-bond acceptors (Lipinski definition) is 0. The van der Waals surface area contributed by atoms with E-state index in [4.69, 9.17) is 11.6 Å². The van der Waals surface area contributed by atoms with Crippen LogP contribution in [0.5, 0.6) is 0 Å². The molecular weight excluding hydrogens is 139 g/mol. The highest BCUT2D eigenvalue weighted by atomic mass is 35.5. The Hall–Kier alpha value is -0.560. The summed E-state index contributed by atoms with van der Waals surface area (Å²) in [6, 6.07) is 7.49. The van der Waals surface area contributed by atoms with Gasteiger partial charge in [-0.15, -0.1) is 0 Å². The molecule has 1 aromatic carbocycles. The number of halogens is 2. The smallest absolute Gasteiger partial charge is 0.115 e. The van der Waals surface area contributed by atoms with E-state index in [-0.39, 0.29) is 0 Å². The summed E-state index contributed by atoms with van der Waals surface area (Å²) in [5.74, 6) is 0. The summed E-state index contributed by atoms with van der Waals surface area (Å²) in [6.45, 7) is -0.475. The zero-order chi connectivity index (χ0) is 6.69. The largest absolute Gasteiger partial charge is 0.246 e. The average molecular weight is 144 g/mol. The van der Waals surface area contributed by atoms with Gasteiger partial charge >= 0.3 is 0 Å². The molecular formula is C7H5ClF. The molecule has 9 heavy (non-hydrogen) atoms. The zero-order valence-electron chi connectivity index (χ0n) is 4.70. The van der Waals surface area contributed by atoms with E-state index in [0.717, 1.165) is 0 Å². The van der Waals surface area contributed by atoms with Crippen molar-refractivity contribution in [3.05, 3.63) is 34.9 Å². The molecule has 1 rings (SSSR count). The van der Waals surface area contributed by atoms with Crippen molar-refractivity contribution in [3.63, 3.8) is 0 Å². The van der Waals surface area contributed by atoms with Crippen molar-refractivity contribution in [2.45, 2.75) is 6.67 Å². The number of rotatable bonds is 1. The monoisotopic (exact) mass is 143 g/mol. The maximum Gasteiger partial charge on any atom is 0.115 e. The second-order valence-electron chi connectivity index (χ2n) is 1.67. The Morgan fingerprint density at radius 1 is 1.56 bits per heavy atom. The summed E-state index contributed by atoms with van der Waals surface area (Å²) in [4.78, 5) is 0. The lowest BCUT2D eigenvalue weighted by Crippen LogP contribution is -1.75. The molecule has 0 heterocycles. The van der Waals surface area contributed by atoms with E-state index in [1.165, 1.54) is 0 Å². The quantitative estimate of drug-likeness (QED) is 0.567. The van der Waals surface area contributed by atoms with Crippen molar-refractivity contribution < 1.29 is 4.39 Å². The topological polar surface area (TPSA) is 0 Å². The van der Waals surface area contributed by atoms with Crippen LogP contribution in [0.15, 0.2) is 18.2 Å². The Kier molecular flexibility index (Phi) is 2.06. The van der Waals surface area contributed by atoms with Gasteiger partial charge in [0.25, 0.3) is 0 Å². The van der Waals surface area contributed by atoms with Crippen molar-refractivity contribution in [1.29, 1.82) is 0 Å². The predicted molar refractivity (Wildman–Crippen MR) is 35.1 cm³/mol. The first-order chi connectivity index (χ1) is 4.33. The summed E-state index contributed by atoms with van der Waals surface area (Å²) in [7, 11) is 0. The highest BCUT2D eigenvalue weighted by Crippen LogP contribution is 2.08. The Morgan fingerprint density at radius 3 is 2.78 bits per heavy atom. The lowest BCUT2D eigenvalue weighted by atomic mass is 10.2. The van der Waals surface area contributed by atoms with Crippen LogP contribution in [0.1, 0.15) is 5.56 Å². The molecule has 0 aliphatic carbocycles. The molecule has 0 aliphatic rings. The van der Waals surface area contributed by atoms with E-state index >= 15 is 0 Å². The fourth-order valence-corrected chi connectivity index (χ4v) is 0.639. The third kappa shape index (κ3) is 1.68. The van der Waals surface area contributed by atoms with E-state index in [0.29, 0.717) is 10.6 Å². The van der Waals surface area contributed by atoms with Gasteiger partial charge in [0, 0.05) is 5.02 Å². The Bertz CT molecular complexity index is 181. The van der Waals surface area contributed by atoms with Gasteiger partial charge in [0.15, 0.2) is 0 Å². The third-order valence-corrected chi connectivity index (χ3v) is 1.22. The molecule has 0 fully saturated rings. The first-order valence-electron chi connectivity index (χ1n) is 2.55. The lowest BCUT2D eigenvalue weighted by molar-refractivity contribution is 0.485. The molecule has 0 N–H and O–H groups in total. The Labute approximate surface area is 58.3 Å². The molecule has 0 saturated heterocycles. The fraction of sp³-hybridized carbons (Fsp3) is 0.143. The van der Waals surface area contributed by atoms with Gasteiger partial charge in [-0.2, -0.15) is 0 Å². The highest BCUT2D eigenvalue weighted by molar-refractivity contribution is 6.30. The second kappa shape index (κ2) is 2.83. The molecule has 0 atom stereocenters. The minimum Gasteiger partial charge on any atom is -0.246 e. The number of alkyl halides is 1. The van der Waals surface area contributed by atoms with Crippen LogP contribution in [0, 0.1) is 6.07 Å². The summed E-state index contributed by atoms with van der Waals surface area (Å²) < 4.78 is 11.8. The van der Waals surface area contributed by atoms with Crippen molar-refractivity contribution >= 4 is 11.6 Å². The normalized spacial score (nSPS) is 9.56. The van der Waals surface area contributed by atoms with E-state index in [1.807, 2.05) is 0 Å². The summed E-state index contributed by atoms with van der Waals surface area (Å²) in [5.41, 5.74) is 0.541. The maximum absolute atomic E-state index is 11.8. The van der Waals surface area contributed by atoms with Crippen LogP contribution >= 0.6 is 11.6 Å². The van der Waals surface area contributed by atoms with Crippen molar-refractivity contribution in [2.75, 3.05) is 0 Å². The number of benzene rings is 1. The molecule has 1 radical (unpaired) electrons. The van der Waals surface area contributed by atoms with Gasteiger partial charge in [-0.3, -0.25) is 0 Å². The predicted octanol–water partition coefficient (Wildman–Crippen LogP) is 2.61. The van der Waals surface area contributed by atoms with Gasteiger partial charge in [0.1, 0.15) is 6.67 Å². The minimum absolute atomic E-state index is 0.475. The van der Waals surface area contributed by atoms with Gasteiger partial charge < -0.3 is 0 Å². The molecule has 0 bridgehead atoms. The average Bonchev–Trinajstić information content (AvgIpc) is 1.90. The molecule has 0 aliphatic heterocycles. The van der Waals surface area contributed by atoms with Gasteiger partial charge in [0.2, 0.25) is 0 Å². The molecule has 1 aromatic rings. The standard InChI is InChI=1S/C7H5ClF/c8-7-3-1-6(5-9)2-4-7/h1,3-4H,5H2. The zero-order valence-corrected chi connectivity index (χ0v) is 5.45. The van der Waals surface area contributed by atoms with Crippen LogP contribution in [-0.4, -0.2) is 0 Å². The summed E-state index contributed by atoms with van der Waals surface area (Å²) in [6.07, 6.45) is 0. The first kappa shape index (κ1) is 6.56. The van der Waals surface area contributed by atoms with Crippen molar-refractivity contribution in [1.82, 2.24) is 0 Å². The molecule has 47 valence electrons. The van der Waals surface area contributed by atoms with E-state index in [9.17, 15) is 4.39 Å². The minimum atomic E-state index is -0.475. The molecule has 0 amide bonds. The highest BCUT2D eigenvalue weighted by Gasteiger charge is 1.89. The van der Waals surface area contributed by atoms with Gasteiger partial charge in [-0.25, -0.2) is 4.39 Å². The molecule has 0 unspecified atom stereocenters. The van der Waals surface area contributed by atoms with Crippen molar-refractivity contribution in [3.8, 4) is 0 Å². The Morgan fingerprint density at radius 2 is 2.33 bits per heavy atom. The first-order valence-corrected chi connectivity index (χ1v) is 2.93. The summed E-state index contributed by atoms with van der Waals surface area (Å²) >= 11 is 5.51. The van der Waals surface area contributed by atoms with Crippen LogP contribution < -0.4 is 0 Å². The van der Waals surface area contributed by atoms with E-state index in [1.54, 1.807) is 18.2 Å². The summed E-state index contributed by atoms with van der Waals surface area (Å²) in [5, 5.41) is 0.590. The lowest BCUT2D eigenvalue weighted by Gasteiger charge is -1.90. The van der Waals surface area contributed by atoms with E-state index in [2.05, 4.69) is 6.07 Å². The van der Waals surface area contributed by atoms with Crippen LogP contribution in [0.3, 0.4) is 0 Å². The Balaban J connectivity index is 2.88. The van der Waals surface area contributed by atoms with Crippen LogP contribution in [0.25, 0.3) is 0 Å². The maximum atomic E-state index is 11.8. The van der Waals surface area contributed by atoms with Gasteiger partial charge in [0.05, 0.1) is 0 Å². The van der Waals surface area contributed by atoms with Crippen molar-refractivity contribution in [2.24, 2.45) is 0 Å². The SMILES string of the molecule is FCc1[c]cc(Cl)cc1. The third-order valence-electron chi connectivity index (χ3n) is 0.983. The molecule has 0 aromatic heterocycles. The van der Waals surface area contributed by atoms with Gasteiger partial charge in [-0.05, 0) is 23.8 Å². The molecule has 2 heteroatoms. The second-order valence-corrected chi connectivity index (χ2v) is 2.10. The molecule has 0 saturated carbocycles. The van der Waals surface area contributed by atoms with E-state index < -0.39 is 6.67 Å². The van der Waals surface area contributed by atoms with Crippen LogP contribution in [0.2, 0.25) is 5.02 Å². The van der Waals surface area contributed by atoms with Crippen LogP contribution in [-0.2, 0) is 6.67 Å². The molecule has 0 nitrogen and oxygen atoms in total. The fourth-order valence-electron chi connectivity index (χ4n) is 0.521.